The maximum atomic E-state index is 10.1. The summed E-state index contributed by atoms with van der Waals surface area (Å²) in [7, 11) is 1.51. The molecule has 2 N–H and O–H groups in total. The predicted molar refractivity (Wildman–Crippen MR) is 64.3 cm³/mol. The summed E-state index contributed by atoms with van der Waals surface area (Å²) >= 11 is 5.94. The maximum Gasteiger partial charge on any atom is 0.179 e. The molecule has 4 heteroatoms. The average molecular weight is 242 g/mol. The summed E-state index contributed by atoms with van der Waals surface area (Å²) in [6.45, 7) is 0.995. The van der Waals surface area contributed by atoms with Gasteiger partial charge >= 0.3 is 0 Å². The molecule has 2 rings (SSSR count). The van der Waals surface area contributed by atoms with Crippen molar-refractivity contribution in [3.63, 3.8) is 0 Å². The van der Waals surface area contributed by atoms with Crippen LogP contribution in [0.4, 0.5) is 0 Å². The molecular weight excluding hydrogens is 226 g/mol. The number of rotatable bonds is 2. The minimum atomic E-state index is 0.161. The second-order valence-electron chi connectivity index (χ2n) is 4.02. The lowest BCUT2D eigenvalue weighted by Crippen LogP contribution is -2.26. The van der Waals surface area contributed by atoms with E-state index in [-0.39, 0.29) is 11.8 Å². The Kier molecular flexibility index (Phi) is 3.56. The van der Waals surface area contributed by atoms with Crippen LogP contribution in [0.2, 0.25) is 5.02 Å². The first-order valence-corrected chi connectivity index (χ1v) is 5.90. The zero-order valence-corrected chi connectivity index (χ0v) is 10.0. The van der Waals surface area contributed by atoms with E-state index in [2.05, 4.69) is 5.32 Å². The van der Waals surface area contributed by atoms with Crippen LogP contribution in [0.25, 0.3) is 0 Å². The van der Waals surface area contributed by atoms with Gasteiger partial charge in [0.1, 0.15) is 0 Å². The predicted octanol–water partition coefficient (Wildman–Crippen LogP) is 2.87. The van der Waals surface area contributed by atoms with Gasteiger partial charge in [0.2, 0.25) is 0 Å². The number of benzene rings is 1. The van der Waals surface area contributed by atoms with E-state index in [9.17, 15) is 5.11 Å². The fourth-order valence-corrected chi connectivity index (χ4v) is 2.38. The Hall–Kier alpha value is -0.930. The molecule has 16 heavy (non-hydrogen) atoms. The van der Waals surface area contributed by atoms with Gasteiger partial charge in [0.05, 0.1) is 12.1 Å². The second-order valence-corrected chi connectivity index (χ2v) is 4.43. The first-order chi connectivity index (χ1) is 7.74. The van der Waals surface area contributed by atoms with E-state index in [0.29, 0.717) is 10.8 Å². The highest BCUT2D eigenvalue weighted by molar-refractivity contribution is 6.32. The molecule has 1 saturated heterocycles. The molecule has 1 atom stereocenters. The van der Waals surface area contributed by atoms with Crippen molar-refractivity contribution in [2.45, 2.75) is 25.3 Å². The molecule has 0 bridgehead atoms. The molecule has 0 aliphatic carbocycles. The third kappa shape index (κ3) is 2.11. The van der Waals surface area contributed by atoms with Crippen molar-refractivity contribution in [3.8, 4) is 11.5 Å². The molecule has 0 saturated carbocycles. The van der Waals surface area contributed by atoms with Crippen LogP contribution in [0.5, 0.6) is 11.5 Å². The van der Waals surface area contributed by atoms with Gasteiger partial charge in [0.25, 0.3) is 0 Å². The number of ether oxygens (including phenoxy) is 1. The van der Waals surface area contributed by atoms with E-state index in [0.717, 1.165) is 18.5 Å². The van der Waals surface area contributed by atoms with Gasteiger partial charge in [0.15, 0.2) is 11.5 Å². The van der Waals surface area contributed by atoms with Crippen LogP contribution < -0.4 is 10.1 Å². The number of hydrogen-bond donors (Lipinski definition) is 2. The second kappa shape index (κ2) is 4.93. The number of methoxy groups -OCH3 is 1. The van der Waals surface area contributed by atoms with E-state index in [4.69, 9.17) is 16.3 Å². The van der Waals surface area contributed by atoms with Gasteiger partial charge < -0.3 is 15.2 Å². The number of phenols is 1. The summed E-state index contributed by atoms with van der Waals surface area (Å²) in [5.41, 5.74) is 0.876. The van der Waals surface area contributed by atoms with Gasteiger partial charge in [-0.05, 0) is 25.5 Å². The summed E-state index contributed by atoms with van der Waals surface area (Å²) in [5, 5.41) is 13.9. The fraction of sp³-hybridized carbons (Fsp3) is 0.500. The third-order valence-electron chi connectivity index (χ3n) is 3.00. The van der Waals surface area contributed by atoms with E-state index in [1.165, 1.54) is 20.0 Å². The van der Waals surface area contributed by atoms with Crippen LogP contribution >= 0.6 is 11.6 Å². The van der Waals surface area contributed by atoms with Gasteiger partial charge in [-0.25, -0.2) is 0 Å². The smallest absolute Gasteiger partial charge is 0.179 e. The third-order valence-corrected chi connectivity index (χ3v) is 3.30. The SMILES string of the molecule is COc1c(Cl)ccc(C2CCCCN2)c1O. The summed E-state index contributed by atoms with van der Waals surface area (Å²) in [6.07, 6.45) is 3.42. The first-order valence-electron chi connectivity index (χ1n) is 5.52. The fourth-order valence-electron chi connectivity index (χ4n) is 2.15. The van der Waals surface area contributed by atoms with E-state index in [1.807, 2.05) is 6.07 Å². The van der Waals surface area contributed by atoms with Crippen molar-refractivity contribution in [1.29, 1.82) is 0 Å². The topological polar surface area (TPSA) is 41.5 Å². The molecule has 1 heterocycles. The van der Waals surface area contributed by atoms with Crippen molar-refractivity contribution in [1.82, 2.24) is 5.32 Å². The molecule has 0 amide bonds. The van der Waals surface area contributed by atoms with Crippen LogP contribution in [-0.4, -0.2) is 18.8 Å². The summed E-state index contributed by atoms with van der Waals surface area (Å²) in [6, 6.07) is 3.84. The number of phenolic OH excluding ortho intramolecular Hbond substituents is 1. The van der Waals surface area contributed by atoms with Gasteiger partial charge in [-0.2, -0.15) is 0 Å². The molecule has 1 aromatic carbocycles. The quantitative estimate of drug-likeness (QED) is 0.837. The molecular formula is C12H16ClNO2. The lowest BCUT2D eigenvalue weighted by Gasteiger charge is -2.25. The average Bonchev–Trinajstić information content (AvgIpc) is 2.31. The van der Waals surface area contributed by atoms with Gasteiger partial charge in [-0.3, -0.25) is 0 Å². The number of hydrogen-bond acceptors (Lipinski definition) is 3. The molecule has 1 unspecified atom stereocenters. The van der Waals surface area contributed by atoms with Crippen molar-refractivity contribution >= 4 is 11.6 Å². The Labute approximate surface area is 100 Å². The highest BCUT2D eigenvalue weighted by Gasteiger charge is 2.21. The van der Waals surface area contributed by atoms with Crippen LogP contribution in [0.15, 0.2) is 12.1 Å². The van der Waals surface area contributed by atoms with Crippen molar-refractivity contribution in [2.24, 2.45) is 0 Å². The molecule has 3 nitrogen and oxygen atoms in total. The Bertz CT molecular complexity index is 376. The van der Waals surface area contributed by atoms with E-state index < -0.39 is 0 Å². The zero-order chi connectivity index (χ0) is 11.5. The van der Waals surface area contributed by atoms with Crippen LogP contribution in [0.3, 0.4) is 0 Å². The molecule has 0 spiro atoms. The lowest BCUT2D eigenvalue weighted by molar-refractivity contribution is 0.355. The highest BCUT2D eigenvalue weighted by atomic mass is 35.5. The molecule has 0 radical (unpaired) electrons. The van der Waals surface area contributed by atoms with Crippen LogP contribution in [0, 0.1) is 0 Å². The summed E-state index contributed by atoms with van der Waals surface area (Å²) in [5.74, 6) is 0.529. The lowest BCUT2D eigenvalue weighted by atomic mass is 9.96. The normalized spacial score (nSPS) is 20.8. The number of halogens is 1. The minimum Gasteiger partial charge on any atom is -0.504 e. The summed E-state index contributed by atoms with van der Waals surface area (Å²) in [4.78, 5) is 0. The largest absolute Gasteiger partial charge is 0.504 e. The van der Waals surface area contributed by atoms with Gasteiger partial charge in [-0.1, -0.05) is 24.1 Å². The van der Waals surface area contributed by atoms with Crippen LogP contribution in [0.1, 0.15) is 30.9 Å². The number of aromatic hydroxyl groups is 1. The molecule has 0 aromatic heterocycles. The molecule has 1 aliphatic heterocycles. The van der Waals surface area contributed by atoms with Crippen molar-refractivity contribution in [2.75, 3.05) is 13.7 Å². The van der Waals surface area contributed by atoms with Crippen molar-refractivity contribution in [3.05, 3.63) is 22.7 Å². The Morgan fingerprint density at radius 2 is 2.25 bits per heavy atom. The molecule has 1 fully saturated rings. The highest BCUT2D eigenvalue weighted by Crippen LogP contribution is 2.40. The Morgan fingerprint density at radius 3 is 2.88 bits per heavy atom. The zero-order valence-electron chi connectivity index (χ0n) is 9.29. The number of nitrogens with one attached hydrogen (secondary N) is 1. The minimum absolute atomic E-state index is 0.161. The molecule has 88 valence electrons. The van der Waals surface area contributed by atoms with Crippen LogP contribution in [-0.2, 0) is 0 Å². The Balaban J connectivity index is 2.33. The maximum absolute atomic E-state index is 10.1. The summed E-state index contributed by atoms with van der Waals surface area (Å²) < 4.78 is 5.10. The van der Waals surface area contributed by atoms with Gasteiger partial charge in [-0.15, -0.1) is 0 Å². The number of piperidine rings is 1. The monoisotopic (exact) mass is 241 g/mol. The van der Waals surface area contributed by atoms with Gasteiger partial charge in [0, 0.05) is 11.6 Å². The molecule has 1 aliphatic rings. The Morgan fingerprint density at radius 1 is 1.44 bits per heavy atom. The standard InChI is InChI=1S/C12H16ClNO2/c1-16-12-9(13)6-5-8(11(12)15)10-4-2-3-7-14-10/h5-6,10,14-15H,2-4,7H2,1H3. The van der Waals surface area contributed by atoms with E-state index in [1.54, 1.807) is 6.07 Å². The van der Waals surface area contributed by atoms with Crippen molar-refractivity contribution < 1.29 is 9.84 Å². The van der Waals surface area contributed by atoms with E-state index >= 15 is 0 Å². The first kappa shape index (κ1) is 11.6. The molecule has 1 aromatic rings.